The van der Waals surface area contributed by atoms with Gasteiger partial charge in [-0.25, -0.2) is 0 Å². The van der Waals surface area contributed by atoms with Crippen LogP contribution >= 0.6 is 0 Å². The standard InChI is InChI=1S/C11H20N4O/c1-4-9-10(7-15(3)14-9)13-11(16)5-8(2)6-12/h7-8H,4-6,12H2,1-3H3,(H,13,16). The molecular formula is C11H20N4O. The molecule has 0 saturated carbocycles. The normalized spacial score (nSPS) is 12.5. The second kappa shape index (κ2) is 5.65. The third-order valence-electron chi connectivity index (χ3n) is 2.45. The molecule has 1 unspecified atom stereocenters. The summed E-state index contributed by atoms with van der Waals surface area (Å²) in [6.07, 6.45) is 3.08. The van der Waals surface area contributed by atoms with E-state index in [0.29, 0.717) is 13.0 Å². The quantitative estimate of drug-likeness (QED) is 0.780. The number of hydrogen-bond donors (Lipinski definition) is 2. The number of anilines is 1. The van der Waals surface area contributed by atoms with Crippen molar-refractivity contribution in [2.75, 3.05) is 11.9 Å². The highest BCUT2D eigenvalue weighted by Crippen LogP contribution is 2.14. The second-order valence-electron chi connectivity index (χ2n) is 4.11. The largest absolute Gasteiger partial charge is 0.330 e. The van der Waals surface area contributed by atoms with Crippen LogP contribution in [0.4, 0.5) is 5.69 Å². The maximum atomic E-state index is 11.7. The molecule has 5 heteroatoms. The van der Waals surface area contributed by atoms with Crippen LogP contribution in [0.5, 0.6) is 0 Å². The lowest BCUT2D eigenvalue weighted by Crippen LogP contribution is -2.20. The topological polar surface area (TPSA) is 72.9 Å². The molecule has 16 heavy (non-hydrogen) atoms. The Labute approximate surface area is 96.0 Å². The van der Waals surface area contributed by atoms with E-state index >= 15 is 0 Å². The number of aromatic nitrogens is 2. The highest BCUT2D eigenvalue weighted by molar-refractivity contribution is 5.91. The maximum Gasteiger partial charge on any atom is 0.224 e. The number of nitrogens with two attached hydrogens (primary N) is 1. The van der Waals surface area contributed by atoms with E-state index in [4.69, 9.17) is 5.73 Å². The molecule has 1 aromatic rings. The van der Waals surface area contributed by atoms with E-state index in [1.54, 1.807) is 4.68 Å². The fourth-order valence-corrected chi connectivity index (χ4v) is 1.50. The highest BCUT2D eigenvalue weighted by atomic mass is 16.1. The van der Waals surface area contributed by atoms with Gasteiger partial charge in [0.05, 0.1) is 11.4 Å². The molecule has 0 aliphatic carbocycles. The van der Waals surface area contributed by atoms with Gasteiger partial charge in [-0.3, -0.25) is 9.48 Å². The number of hydrogen-bond acceptors (Lipinski definition) is 3. The van der Waals surface area contributed by atoms with E-state index in [1.807, 2.05) is 27.1 Å². The van der Waals surface area contributed by atoms with Gasteiger partial charge in [0.1, 0.15) is 0 Å². The van der Waals surface area contributed by atoms with Gasteiger partial charge in [-0.2, -0.15) is 5.10 Å². The molecule has 1 rings (SSSR count). The molecule has 0 aromatic carbocycles. The van der Waals surface area contributed by atoms with E-state index in [0.717, 1.165) is 17.8 Å². The predicted molar refractivity (Wildman–Crippen MR) is 64.1 cm³/mol. The lowest BCUT2D eigenvalue weighted by atomic mass is 10.1. The molecule has 0 aliphatic heterocycles. The van der Waals surface area contributed by atoms with Crippen LogP contribution in [0, 0.1) is 5.92 Å². The molecule has 0 aliphatic rings. The summed E-state index contributed by atoms with van der Waals surface area (Å²) in [4.78, 5) is 11.7. The van der Waals surface area contributed by atoms with Crippen molar-refractivity contribution in [3.63, 3.8) is 0 Å². The van der Waals surface area contributed by atoms with Crippen LogP contribution in [-0.2, 0) is 18.3 Å². The number of nitrogens with zero attached hydrogens (tertiary/aromatic N) is 2. The summed E-state index contributed by atoms with van der Waals surface area (Å²) in [5.74, 6) is 0.211. The van der Waals surface area contributed by atoms with Crippen molar-refractivity contribution in [1.29, 1.82) is 0 Å². The van der Waals surface area contributed by atoms with Gasteiger partial charge >= 0.3 is 0 Å². The Kier molecular flexibility index (Phi) is 4.49. The van der Waals surface area contributed by atoms with Crippen LogP contribution in [0.25, 0.3) is 0 Å². The van der Waals surface area contributed by atoms with E-state index in [-0.39, 0.29) is 11.8 Å². The number of amides is 1. The van der Waals surface area contributed by atoms with Gasteiger partial charge in [-0.1, -0.05) is 13.8 Å². The number of nitrogens with one attached hydrogen (secondary N) is 1. The molecule has 0 radical (unpaired) electrons. The Bertz CT molecular complexity index is 359. The van der Waals surface area contributed by atoms with Crippen LogP contribution in [0.15, 0.2) is 6.20 Å². The van der Waals surface area contributed by atoms with Crippen molar-refractivity contribution in [1.82, 2.24) is 9.78 Å². The minimum absolute atomic E-state index is 0.000602. The first-order valence-electron chi connectivity index (χ1n) is 5.59. The zero-order chi connectivity index (χ0) is 12.1. The van der Waals surface area contributed by atoms with Crippen molar-refractivity contribution >= 4 is 11.6 Å². The molecule has 1 atom stereocenters. The van der Waals surface area contributed by atoms with Crippen LogP contribution < -0.4 is 11.1 Å². The van der Waals surface area contributed by atoms with Gasteiger partial charge in [-0.05, 0) is 18.9 Å². The molecule has 90 valence electrons. The van der Waals surface area contributed by atoms with Gasteiger partial charge in [0.15, 0.2) is 0 Å². The van der Waals surface area contributed by atoms with Crippen molar-refractivity contribution in [2.45, 2.75) is 26.7 Å². The molecule has 0 fully saturated rings. The van der Waals surface area contributed by atoms with Gasteiger partial charge in [0.25, 0.3) is 0 Å². The lowest BCUT2D eigenvalue weighted by Gasteiger charge is -2.08. The monoisotopic (exact) mass is 224 g/mol. The summed E-state index contributed by atoms with van der Waals surface area (Å²) in [6.45, 7) is 4.51. The SMILES string of the molecule is CCc1nn(C)cc1NC(=O)CC(C)CN. The Hall–Kier alpha value is -1.36. The third-order valence-corrected chi connectivity index (χ3v) is 2.45. The van der Waals surface area contributed by atoms with E-state index < -0.39 is 0 Å². The third kappa shape index (κ3) is 3.34. The average molecular weight is 224 g/mol. The summed E-state index contributed by atoms with van der Waals surface area (Å²) >= 11 is 0. The average Bonchev–Trinajstić information content (AvgIpc) is 2.58. The van der Waals surface area contributed by atoms with Gasteiger partial charge < -0.3 is 11.1 Å². The number of carbonyl (C=O) groups is 1. The van der Waals surface area contributed by atoms with Crippen LogP contribution in [0.3, 0.4) is 0 Å². The first-order chi connectivity index (χ1) is 7.56. The van der Waals surface area contributed by atoms with Crippen LogP contribution in [0.1, 0.15) is 26.0 Å². The van der Waals surface area contributed by atoms with Crippen LogP contribution in [-0.4, -0.2) is 22.2 Å². The summed E-state index contributed by atoms with van der Waals surface area (Å²) in [7, 11) is 1.84. The number of carbonyl (C=O) groups excluding carboxylic acids is 1. The summed E-state index contributed by atoms with van der Waals surface area (Å²) in [5.41, 5.74) is 7.20. The van der Waals surface area contributed by atoms with E-state index in [1.165, 1.54) is 0 Å². The molecule has 5 nitrogen and oxygen atoms in total. The van der Waals surface area contributed by atoms with Crippen molar-refractivity contribution < 1.29 is 4.79 Å². The molecule has 1 aromatic heterocycles. The van der Waals surface area contributed by atoms with Gasteiger partial charge in [0.2, 0.25) is 5.91 Å². The van der Waals surface area contributed by atoms with Gasteiger partial charge in [0, 0.05) is 19.7 Å². The fourth-order valence-electron chi connectivity index (χ4n) is 1.50. The molecule has 0 saturated heterocycles. The summed E-state index contributed by atoms with van der Waals surface area (Å²) < 4.78 is 1.71. The molecule has 1 heterocycles. The minimum atomic E-state index is 0.000602. The van der Waals surface area contributed by atoms with Crippen molar-refractivity contribution in [3.8, 4) is 0 Å². The molecular weight excluding hydrogens is 204 g/mol. The first kappa shape index (κ1) is 12.7. The molecule has 0 spiro atoms. The number of aryl methyl sites for hydroxylation is 2. The van der Waals surface area contributed by atoms with Crippen molar-refractivity contribution in [2.24, 2.45) is 18.7 Å². The van der Waals surface area contributed by atoms with Crippen LogP contribution in [0.2, 0.25) is 0 Å². The van der Waals surface area contributed by atoms with Gasteiger partial charge in [-0.15, -0.1) is 0 Å². The smallest absolute Gasteiger partial charge is 0.224 e. The fraction of sp³-hybridized carbons (Fsp3) is 0.636. The van der Waals surface area contributed by atoms with Crippen molar-refractivity contribution in [3.05, 3.63) is 11.9 Å². The Balaban J connectivity index is 2.61. The maximum absolute atomic E-state index is 11.7. The zero-order valence-electron chi connectivity index (χ0n) is 10.2. The number of rotatable bonds is 5. The molecule has 3 N–H and O–H groups in total. The summed E-state index contributed by atoms with van der Waals surface area (Å²) in [5, 5.41) is 7.13. The molecule has 0 bridgehead atoms. The Morgan fingerprint density at radius 1 is 1.69 bits per heavy atom. The first-order valence-corrected chi connectivity index (χ1v) is 5.59. The Morgan fingerprint density at radius 2 is 2.38 bits per heavy atom. The summed E-state index contributed by atoms with van der Waals surface area (Å²) in [6, 6.07) is 0. The van der Waals surface area contributed by atoms with E-state index in [9.17, 15) is 4.79 Å². The second-order valence-corrected chi connectivity index (χ2v) is 4.11. The highest BCUT2D eigenvalue weighted by Gasteiger charge is 2.11. The Morgan fingerprint density at radius 3 is 2.94 bits per heavy atom. The predicted octanol–water partition coefficient (Wildman–Crippen LogP) is 0.906. The molecule has 1 amide bonds. The zero-order valence-corrected chi connectivity index (χ0v) is 10.2. The lowest BCUT2D eigenvalue weighted by molar-refractivity contribution is -0.116. The minimum Gasteiger partial charge on any atom is -0.330 e. The van der Waals surface area contributed by atoms with E-state index in [2.05, 4.69) is 10.4 Å².